The summed E-state index contributed by atoms with van der Waals surface area (Å²) in [5.74, 6) is -0.241. The number of halogens is 1. The quantitative estimate of drug-likeness (QED) is 0.173. The molecule has 0 atom stereocenters. The molecule has 4 heteroatoms. The van der Waals surface area contributed by atoms with E-state index in [-0.39, 0.29) is 11.9 Å². The van der Waals surface area contributed by atoms with Gasteiger partial charge in [-0.05, 0) is 0 Å². The first-order chi connectivity index (χ1) is 20.1. The van der Waals surface area contributed by atoms with Crippen LogP contribution >= 0.6 is 7.26 Å². The van der Waals surface area contributed by atoms with E-state index in [0.717, 1.165) is 28.5 Å². The second-order valence-corrected chi connectivity index (χ2v) is 14.7. The van der Waals surface area contributed by atoms with Crippen molar-refractivity contribution in [2.75, 3.05) is 0 Å². The zero-order chi connectivity index (χ0) is 28.2. The van der Waals surface area contributed by atoms with E-state index in [1.54, 1.807) is 12.1 Å². The fraction of sp³-hybridized carbons (Fsp3) is 0.108. The van der Waals surface area contributed by atoms with Gasteiger partial charge in [-0.25, -0.2) is 0 Å². The van der Waals surface area contributed by atoms with E-state index in [0.29, 0.717) is 0 Å². The van der Waals surface area contributed by atoms with Gasteiger partial charge in [-0.3, -0.25) is 0 Å². The fourth-order valence-corrected chi connectivity index (χ4v) is 10.7. The van der Waals surface area contributed by atoms with Gasteiger partial charge in [0.1, 0.15) is 0 Å². The Labute approximate surface area is 242 Å². The van der Waals surface area contributed by atoms with Gasteiger partial charge < -0.3 is 0 Å². The van der Waals surface area contributed by atoms with Crippen LogP contribution in [0.3, 0.4) is 0 Å². The Morgan fingerprint density at radius 3 is 1.46 bits per heavy atom. The zero-order valence-electron chi connectivity index (χ0n) is 23.4. The summed E-state index contributed by atoms with van der Waals surface area (Å²) < 4.78 is 16.4. The molecule has 0 saturated carbocycles. The van der Waals surface area contributed by atoms with Crippen LogP contribution in [0.1, 0.15) is 25.6 Å². The third-order valence-corrected chi connectivity index (χ3v) is 12.7. The molecule has 6 aromatic rings. The van der Waals surface area contributed by atoms with E-state index in [1.807, 2.05) is 18.2 Å². The molecule has 1 heterocycles. The summed E-state index contributed by atoms with van der Waals surface area (Å²) in [6.45, 7) is 4.38. The van der Waals surface area contributed by atoms with Crippen molar-refractivity contribution in [2.45, 2.75) is 26.1 Å². The van der Waals surface area contributed by atoms with Crippen LogP contribution in [0, 0.1) is 5.82 Å². The number of hydrogen-bond donors (Lipinski definition) is 0. The van der Waals surface area contributed by atoms with E-state index in [2.05, 4.69) is 134 Å². The molecule has 0 aliphatic carbocycles. The summed E-state index contributed by atoms with van der Waals surface area (Å²) in [6.07, 6.45) is 0.801. The molecule has 0 amide bonds. The van der Waals surface area contributed by atoms with Crippen molar-refractivity contribution in [3.63, 3.8) is 0 Å². The third-order valence-electron chi connectivity index (χ3n) is 7.91. The van der Waals surface area contributed by atoms with Gasteiger partial charge in [0.25, 0.3) is 0 Å². The summed E-state index contributed by atoms with van der Waals surface area (Å²) >= 11 is 0. The number of benzene rings is 5. The van der Waals surface area contributed by atoms with Gasteiger partial charge in [-0.2, -0.15) is 0 Å². The Morgan fingerprint density at radius 1 is 0.585 bits per heavy atom. The molecule has 0 saturated heterocycles. The van der Waals surface area contributed by atoms with Crippen LogP contribution in [0.2, 0.25) is 0 Å². The van der Waals surface area contributed by atoms with E-state index in [4.69, 9.17) is 5.10 Å². The first kappa shape index (κ1) is 26.9. The molecular weight excluding hydrogens is 522 g/mol. The topological polar surface area (TPSA) is 17.8 Å². The van der Waals surface area contributed by atoms with Crippen molar-refractivity contribution in [2.24, 2.45) is 0 Å². The monoisotopic (exact) mass is 556 g/mol. The summed E-state index contributed by atoms with van der Waals surface area (Å²) in [6, 6.07) is 50.3. The molecular formula is C37H34FN2P. The summed E-state index contributed by atoms with van der Waals surface area (Å²) in [4.78, 5) is 0. The molecule has 0 radical (unpaired) electrons. The Balaban J connectivity index is 1.70. The van der Waals surface area contributed by atoms with Gasteiger partial charge in [-0.1, -0.05) is 0 Å². The first-order valence-electron chi connectivity index (χ1n) is 14.2. The average molecular weight is 557 g/mol. The Morgan fingerprint density at radius 2 is 1.02 bits per heavy atom. The van der Waals surface area contributed by atoms with Crippen LogP contribution in [0.4, 0.5) is 4.39 Å². The molecule has 41 heavy (non-hydrogen) atoms. The van der Waals surface area contributed by atoms with Crippen molar-refractivity contribution in [1.29, 1.82) is 0 Å². The van der Waals surface area contributed by atoms with Crippen molar-refractivity contribution in [3.8, 4) is 22.4 Å². The molecule has 1 aromatic heterocycles. The number of hydrogen-bond acceptors (Lipinski definition) is 1. The summed E-state index contributed by atoms with van der Waals surface area (Å²) in [5.41, 5.74) is 5.21. The summed E-state index contributed by atoms with van der Waals surface area (Å²) in [5, 5.41) is 9.33. The van der Waals surface area contributed by atoms with Crippen molar-refractivity contribution in [3.05, 3.63) is 157 Å². The standard InChI is InChI=1S/C37H34FN2P/c1-28(2)40-35(36(29-23-25-31(38)26-24-29)37(39-40)30-15-7-3-8-16-30)27-41(32-17-9-4-10-18-32,33-19-11-5-12-20-33)34-21-13-6-14-22-34/h3-26,28,41H,27H2,1-2H3. The molecule has 0 fully saturated rings. The Bertz CT molecular complexity index is 1620. The summed E-state index contributed by atoms with van der Waals surface area (Å²) in [7, 11) is -2.64. The predicted octanol–water partition coefficient (Wildman–Crippen LogP) is 8.16. The molecule has 5 aromatic carbocycles. The van der Waals surface area contributed by atoms with Gasteiger partial charge in [0.05, 0.1) is 0 Å². The average Bonchev–Trinajstić information content (AvgIpc) is 3.41. The number of aromatic nitrogens is 2. The predicted molar refractivity (Wildman–Crippen MR) is 174 cm³/mol. The van der Waals surface area contributed by atoms with Gasteiger partial charge in [0, 0.05) is 0 Å². The number of rotatable bonds is 8. The van der Waals surface area contributed by atoms with Gasteiger partial charge in [-0.15, -0.1) is 0 Å². The van der Waals surface area contributed by atoms with Crippen molar-refractivity contribution >= 4 is 23.2 Å². The molecule has 2 nitrogen and oxygen atoms in total. The van der Waals surface area contributed by atoms with E-state index in [9.17, 15) is 4.39 Å². The van der Waals surface area contributed by atoms with Crippen molar-refractivity contribution in [1.82, 2.24) is 9.78 Å². The zero-order valence-corrected chi connectivity index (χ0v) is 24.4. The van der Waals surface area contributed by atoms with Gasteiger partial charge in [0.2, 0.25) is 0 Å². The normalized spacial score (nSPS) is 12.0. The van der Waals surface area contributed by atoms with Crippen LogP contribution in [0.25, 0.3) is 22.4 Å². The Kier molecular flexibility index (Phi) is 7.63. The maximum atomic E-state index is 14.2. The van der Waals surface area contributed by atoms with Gasteiger partial charge in [0.15, 0.2) is 0 Å². The van der Waals surface area contributed by atoms with Crippen LogP contribution < -0.4 is 15.9 Å². The minimum atomic E-state index is -2.64. The maximum absolute atomic E-state index is 14.2. The van der Waals surface area contributed by atoms with Gasteiger partial charge >= 0.3 is 243 Å². The molecule has 6 rings (SSSR count). The van der Waals surface area contributed by atoms with E-state index < -0.39 is 7.26 Å². The molecule has 0 aliphatic heterocycles. The second kappa shape index (κ2) is 11.6. The number of nitrogens with zero attached hydrogens (tertiary/aromatic N) is 2. The van der Waals surface area contributed by atoms with Crippen LogP contribution in [-0.2, 0) is 6.16 Å². The van der Waals surface area contributed by atoms with Crippen LogP contribution in [0.15, 0.2) is 146 Å². The van der Waals surface area contributed by atoms with Crippen molar-refractivity contribution < 1.29 is 4.39 Å². The third kappa shape index (κ3) is 5.14. The molecule has 0 spiro atoms. The van der Waals surface area contributed by atoms with E-state index >= 15 is 0 Å². The Hall–Kier alpha value is -4.33. The van der Waals surface area contributed by atoms with E-state index in [1.165, 1.54) is 21.6 Å². The molecule has 0 N–H and O–H groups in total. The molecule has 0 bridgehead atoms. The second-order valence-electron chi connectivity index (χ2n) is 10.8. The van der Waals surface area contributed by atoms with Crippen LogP contribution in [-0.4, -0.2) is 9.78 Å². The first-order valence-corrected chi connectivity index (χ1v) is 16.4. The van der Waals surface area contributed by atoms with Crippen LogP contribution in [0.5, 0.6) is 0 Å². The SMILES string of the molecule is CC(C)n1nc(-c2ccccc2)c(-c2ccc(F)cc2)c1C[PH](c1ccccc1)(c1ccccc1)c1ccccc1. The molecule has 0 aliphatic rings. The molecule has 204 valence electrons. The minimum absolute atomic E-state index is 0.135. The molecule has 0 unspecified atom stereocenters. The fourth-order valence-electron chi connectivity index (χ4n) is 6.01.